The second kappa shape index (κ2) is 7.30. The fourth-order valence-electron chi connectivity index (χ4n) is 1.96. The minimum Gasteiger partial charge on any atom is -0.480 e. The van der Waals surface area contributed by atoms with Crippen molar-refractivity contribution in [1.82, 2.24) is 9.80 Å². The molecule has 1 aliphatic rings. The molecule has 0 saturated carbocycles. The third-order valence-electron chi connectivity index (χ3n) is 3.29. The van der Waals surface area contributed by atoms with Crippen LogP contribution in [0.5, 0.6) is 0 Å². The molecule has 1 aliphatic heterocycles. The van der Waals surface area contributed by atoms with E-state index in [2.05, 4.69) is 0 Å². The van der Waals surface area contributed by atoms with Gasteiger partial charge in [0, 0.05) is 12.6 Å². The van der Waals surface area contributed by atoms with Gasteiger partial charge >= 0.3 is 12.0 Å². The summed E-state index contributed by atoms with van der Waals surface area (Å²) in [5.41, 5.74) is 0. The van der Waals surface area contributed by atoms with E-state index in [1.807, 2.05) is 13.8 Å². The van der Waals surface area contributed by atoms with E-state index < -0.39 is 5.97 Å². The Labute approximate surface area is 112 Å². The van der Waals surface area contributed by atoms with Crippen molar-refractivity contribution in [2.45, 2.75) is 32.4 Å². The SMILES string of the molecule is CCC(C)N(CC(=O)O)C(=O)N1CCOC(CO)C1. The Kier molecular flexibility index (Phi) is 6.04. The van der Waals surface area contributed by atoms with Crippen LogP contribution in [0, 0.1) is 0 Å². The lowest BCUT2D eigenvalue weighted by atomic mass is 10.2. The number of ether oxygens (including phenoxy) is 1. The molecule has 0 aromatic carbocycles. The van der Waals surface area contributed by atoms with Gasteiger partial charge in [-0.05, 0) is 13.3 Å². The minimum atomic E-state index is -1.03. The number of nitrogens with zero attached hydrogens (tertiary/aromatic N) is 2. The smallest absolute Gasteiger partial charge is 0.323 e. The second-order valence-electron chi connectivity index (χ2n) is 4.68. The number of hydrogen-bond acceptors (Lipinski definition) is 4. The van der Waals surface area contributed by atoms with Crippen LogP contribution in [0.3, 0.4) is 0 Å². The van der Waals surface area contributed by atoms with Gasteiger partial charge in [-0.25, -0.2) is 4.79 Å². The van der Waals surface area contributed by atoms with Gasteiger partial charge in [0.15, 0.2) is 0 Å². The zero-order valence-electron chi connectivity index (χ0n) is 11.4. The molecule has 19 heavy (non-hydrogen) atoms. The molecular weight excluding hydrogens is 252 g/mol. The van der Waals surface area contributed by atoms with Gasteiger partial charge in [-0.2, -0.15) is 0 Å². The van der Waals surface area contributed by atoms with Crippen LogP contribution < -0.4 is 0 Å². The highest BCUT2D eigenvalue weighted by atomic mass is 16.5. The molecule has 1 saturated heterocycles. The average molecular weight is 274 g/mol. The van der Waals surface area contributed by atoms with Crippen LogP contribution in [0.1, 0.15) is 20.3 Å². The van der Waals surface area contributed by atoms with Crippen molar-refractivity contribution in [2.24, 2.45) is 0 Å². The molecule has 1 heterocycles. The summed E-state index contributed by atoms with van der Waals surface area (Å²) in [6.45, 7) is 4.34. The molecule has 1 rings (SSSR count). The number of carboxylic acids is 1. The second-order valence-corrected chi connectivity index (χ2v) is 4.68. The standard InChI is InChI=1S/C12H22N2O5/c1-3-9(2)14(7-11(16)17)12(18)13-4-5-19-10(6-13)8-15/h9-10,15H,3-8H2,1-2H3,(H,16,17). The Hall–Kier alpha value is -1.34. The van der Waals surface area contributed by atoms with E-state index in [0.717, 1.165) is 0 Å². The molecule has 2 amide bonds. The van der Waals surface area contributed by atoms with Crippen LogP contribution in [0.4, 0.5) is 4.79 Å². The Morgan fingerprint density at radius 1 is 1.53 bits per heavy atom. The molecule has 0 spiro atoms. The number of aliphatic hydroxyl groups is 1. The quantitative estimate of drug-likeness (QED) is 0.735. The zero-order chi connectivity index (χ0) is 14.4. The van der Waals surface area contributed by atoms with Crippen LogP contribution >= 0.6 is 0 Å². The molecule has 1 fully saturated rings. The Morgan fingerprint density at radius 3 is 2.74 bits per heavy atom. The van der Waals surface area contributed by atoms with Gasteiger partial charge in [-0.3, -0.25) is 4.79 Å². The topological polar surface area (TPSA) is 90.3 Å². The predicted octanol–water partition coefficient (Wildman–Crippen LogP) is -0.0154. The first kappa shape index (κ1) is 15.7. The number of morpholine rings is 1. The first-order valence-corrected chi connectivity index (χ1v) is 6.49. The summed E-state index contributed by atoms with van der Waals surface area (Å²) >= 11 is 0. The van der Waals surface area contributed by atoms with Crippen molar-refractivity contribution < 1.29 is 24.5 Å². The normalized spacial score (nSPS) is 21.0. The van der Waals surface area contributed by atoms with Crippen molar-refractivity contribution in [2.75, 3.05) is 32.8 Å². The van der Waals surface area contributed by atoms with E-state index in [1.165, 1.54) is 4.90 Å². The molecule has 0 bridgehead atoms. The summed E-state index contributed by atoms with van der Waals surface area (Å²) in [4.78, 5) is 26.1. The number of rotatable bonds is 5. The van der Waals surface area contributed by atoms with E-state index in [9.17, 15) is 9.59 Å². The Morgan fingerprint density at radius 2 is 2.21 bits per heavy atom. The predicted molar refractivity (Wildman–Crippen MR) is 67.9 cm³/mol. The minimum absolute atomic E-state index is 0.140. The van der Waals surface area contributed by atoms with Crippen molar-refractivity contribution in [3.05, 3.63) is 0 Å². The number of carboxylic acid groups (broad SMARTS) is 1. The largest absolute Gasteiger partial charge is 0.480 e. The zero-order valence-corrected chi connectivity index (χ0v) is 11.4. The highest BCUT2D eigenvalue weighted by Gasteiger charge is 2.30. The maximum absolute atomic E-state index is 12.3. The van der Waals surface area contributed by atoms with Crippen LogP contribution in [0.2, 0.25) is 0 Å². The summed E-state index contributed by atoms with van der Waals surface area (Å²) < 4.78 is 5.28. The molecule has 2 N–H and O–H groups in total. The Balaban J connectivity index is 2.71. The molecule has 0 radical (unpaired) electrons. The third kappa shape index (κ3) is 4.36. The van der Waals surface area contributed by atoms with Crippen LogP contribution in [0.25, 0.3) is 0 Å². The lowest BCUT2D eigenvalue weighted by Crippen LogP contribution is -2.54. The summed E-state index contributed by atoms with van der Waals surface area (Å²) in [7, 11) is 0. The maximum Gasteiger partial charge on any atom is 0.323 e. The summed E-state index contributed by atoms with van der Waals surface area (Å²) in [5, 5.41) is 18.0. The molecule has 0 aliphatic carbocycles. The maximum atomic E-state index is 12.3. The fourth-order valence-corrected chi connectivity index (χ4v) is 1.96. The molecule has 7 nitrogen and oxygen atoms in total. The fraction of sp³-hybridized carbons (Fsp3) is 0.833. The lowest BCUT2D eigenvalue weighted by Gasteiger charge is -2.37. The van der Waals surface area contributed by atoms with Crippen molar-refractivity contribution in [3.63, 3.8) is 0 Å². The summed E-state index contributed by atoms with van der Waals surface area (Å²) in [5.74, 6) is -1.03. The van der Waals surface area contributed by atoms with E-state index in [0.29, 0.717) is 26.1 Å². The van der Waals surface area contributed by atoms with Gasteiger partial charge in [0.2, 0.25) is 0 Å². The molecule has 2 atom stereocenters. The van der Waals surface area contributed by atoms with Crippen LogP contribution in [-0.2, 0) is 9.53 Å². The third-order valence-corrected chi connectivity index (χ3v) is 3.29. The first-order valence-electron chi connectivity index (χ1n) is 6.49. The van der Waals surface area contributed by atoms with Gasteiger partial charge < -0.3 is 24.7 Å². The van der Waals surface area contributed by atoms with Crippen molar-refractivity contribution >= 4 is 12.0 Å². The van der Waals surface area contributed by atoms with Crippen molar-refractivity contribution in [3.8, 4) is 0 Å². The van der Waals surface area contributed by atoms with E-state index >= 15 is 0 Å². The molecule has 7 heteroatoms. The van der Waals surface area contributed by atoms with Gasteiger partial charge in [0.05, 0.1) is 25.9 Å². The van der Waals surface area contributed by atoms with Crippen LogP contribution in [0.15, 0.2) is 0 Å². The number of urea groups is 1. The summed E-state index contributed by atoms with van der Waals surface area (Å²) in [6.07, 6.45) is 0.300. The van der Waals surface area contributed by atoms with Gasteiger partial charge in [0.1, 0.15) is 6.54 Å². The monoisotopic (exact) mass is 274 g/mol. The highest BCUT2D eigenvalue weighted by Crippen LogP contribution is 2.12. The first-order chi connectivity index (χ1) is 8.99. The van der Waals surface area contributed by atoms with E-state index in [-0.39, 0.29) is 31.3 Å². The lowest BCUT2D eigenvalue weighted by molar-refractivity contribution is -0.138. The van der Waals surface area contributed by atoms with Crippen LogP contribution in [-0.4, -0.2) is 77.0 Å². The van der Waals surface area contributed by atoms with E-state index in [4.69, 9.17) is 14.9 Å². The average Bonchev–Trinajstić information content (AvgIpc) is 2.43. The number of aliphatic carboxylic acids is 1. The van der Waals surface area contributed by atoms with Gasteiger partial charge in [0.25, 0.3) is 0 Å². The van der Waals surface area contributed by atoms with Gasteiger partial charge in [-0.1, -0.05) is 6.92 Å². The number of amides is 2. The number of hydrogen-bond donors (Lipinski definition) is 2. The number of carbonyl (C=O) groups is 2. The Bertz CT molecular complexity index is 323. The molecule has 0 aromatic rings. The molecule has 0 aromatic heterocycles. The molecule has 110 valence electrons. The van der Waals surface area contributed by atoms with E-state index in [1.54, 1.807) is 4.90 Å². The van der Waals surface area contributed by atoms with Gasteiger partial charge in [-0.15, -0.1) is 0 Å². The number of aliphatic hydroxyl groups excluding tert-OH is 1. The summed E-state index contributed by atoms with van der Waals surface area (Å²) in [6, 6.07) is -0.447. The molecular formula is C12H22N2O5. The highest BCUT2D eigenvalue weighted by molar-refractivity contribution is 5.80. The molecule has 2 unspecified atom stereocenters. The number of carbonyl (C=O) groups excluding carboxylic acids is 1. The van der Waals surface area contributed by atoms with Crippen molar-refractivity contribution in [1.29, 1.82) is 0 Å².